The Labute approximate surface area is 112 Å². The maximum Gasteiger partial charge on any atom is 0.240 e. The quantitative estimate of drug-likeness (QED) is 0.871. The van der Waals surface area contributed by atoms with E-state index in [2.05, 4.69) is 16.7 Å². The first-order chi connectivity index (χ1) is 8.67. The van der Waals surface area contributed by atoms with Gasteiger partial charge in [-0.15, -0.1) is 11.8 Å². The van der Waals surface area contributed by atoms with Gasteiger partial charge in [0.2, 0.25) is 5.91 Å². The second-order valence-electron chi connectivity index (χ2n) is 4.29. The van der Waals surface area contributed by atoms with Crippen LogP contribution in [0.5, 0.6) is 0 Å². The molecule has 1 aromatic rings. The monoisotopic (exact) mass is 265 g/mol. The normalized spacial score (nSPS) is 18.7. The molecule has 1 atom stereocenters. The second kappa shape index (κ2) is 5.63. The number of likely N-dealkylation sites (N-methyl/N-ethyl adjacent to an activating group) is 1. The van der Waals surface area contributed by atoms with E-state index in [-0.39, 0.29) is 11.2 Å². The molecule has 1 unspecified atom stereocenters. The number of hydrogen-bond donors (Lipinski definition) is 2. The molecule has 0 fully saturated rings. The summed E-state index contributed by atoms with van der Waals surface area (Å²) in [7, 11) is 3.79. The first kappa shape index (κ1) is 13.2. The summed E-state index contributed by atoms with van der Waals surface area (Å²) in [5, 5.41) is 6.21. The maximum atomic E-state index is 12.3. The standard InChI is InChI=1S/C13H19N3OS/c1-9-13(17)16(7-6-14-2)11-8-10(15-3)4-5-12(11)18-9/h4-5,8-9,14-15H,6-7H2,1-3H3. The first-order valence-corrected chi connectivity index (χ1v) is 6.99. The highest BCUT2D eigenvalue weighted by atomic mass is 32.2. The van der Waals surface area contributed by atoms with Crippen LogP contribution >= 0.6 is 11.8 Å². The average molecular weight is 265 g/mol. The molecule has 1 aliphatic heterocycles. The molecule has 0 radical (unpaired) electrons. The van der Waals surface area contributed by atoms with Crippen LogP contribution in [0.2, 0.25) is 0 Å². The molecule has 0 aromatic heterocycles. The predicted octanol–water partition coefficient (Wildman–Crippen LogP) is 1.77. The zero-order valence-corrected chi connectivity index (χ0v) is 11.8. The summed E-state index contributed by atoms with van der Waals surface area (Å²) < 4.78 is 0. The Balaban J connectivity index is 2.36. The van der Waals surface area contributed by atoms with Crippen molar-refractivity contribution in [3.8, 4) is 0 Å². The van der Waals surface area contributed by atoms with Crippen LogP contribution in [0.4, 0.5) is 11.4 Å². The minimum Gasteiger partial charge on any atom is -0.388 e. The number of fused-ring (bicyclic) bond motifs is 1. The second-order valence-corrected chi connectivity index (χ2v) is 5.67. The van der Waals surface area contributed by atoms with E-state index in [0.29, 0.717) is 6.54 Å². The van der Waals surface area contributed by atoms with Gasteiger partial charge in [-0.25, -0.2) is 0 Å². The molecule has 4 nitrogen and oxygen atoms in total. The van der Waals surface area contributed by atoms with E-state index in [1.54, 1.807) is 11.8 Å². The van der Waals surface area contributed by atoms with Gasteiger partial charge in [-0.1, -0.05) is 0 Å². The summed E-state index contributed by atoms with van der Waals surface area (Å²) in [4.78, 5) is 15.3. The van der Waals surface area contributed by atoms with Gasteiger partial charge in [-0.3, -0.25) is 4.79 Å². The Morgan fingerprint density at radius 1 is 1.39 bits per heavy atom. The lowest BCUT2D eigenvalue weighted by Gasteiger charge is -2.32. The van der Waals surface area contributed by atoms with Crippen molar-refractivity contribution >= 4 is 29.0 Å². The van der Waals surface area contributed by atoms with E-state index in [1.807, 2.05) is 38.1 Å². The van der Waals surface area contributed by atoms with E-state index < -0.39 is 0 Å². The maximum absolute atomic E-state index is 12.3. The number of carbonyl (C=O) groups is 1. The SMILES string of the molecule is CNCCN1C(=O)C(C)Sc2ccc(NC)cc21. The molecular formula is C13H19N3OS. The van der Waals surface area contributed by atoms with Crippen LogP contribution in [0.25, 0.3) is 0 Å². The van der Waals surface area contributed by atoms with Crippen molar-refractivity contribution in [2.24, 2.45) is 0 Å². The lowest BCUT2D eigenvalue weighted by Crippen LogP contribution is -2.43. The minimum absolute atomic E-state index is 0.00482. The Morgan fingerprint density at radius 3 is 2.83 bits per heavy atom. The number of anilines is 2. The molecule has 0 spiro atoms. The molecule has 2 rings (SSSR count). The van der Waals surface area contributed by atoms with Crippen LogP contribution in [0.3, 0.4) is 0 Å². The summed E-state index contributed by atoms with van der Waals surface area (Å²) in [6, 6.07) is 6.17. The summed E-state index contributed by atoms with van der Waals surface area (Å²) in [6.45, 7) is 3.47. The van der Waals surface area contributed by atoms with Crippen molar-refractivity contribution < 1.29 is 4.79 Å². The predicted molar refractivity (Wildman–Crippen MR) is 77.6 cm³/mol. The fourth-order valence-electron chi connectivity index (χ4n) is 2.02. The van der Waals surface area contributed by atoms with Gasteiger partial charge in [0.15, 0.2) is 0 Å². The van der Waals surface area contributed by atoms with E-state index in [9.17, 15) is 4.79 Å². The number of rotatable bonds is 4. The molecule has 18 heavy (non-hydrogen) atoms. The Hall–Kier alpha value is -1.20. The third-order valence-electron chi connectivity index (χ3n) is 3.04. The highest BCUT2D eigenvalue weighted by molar-refractivity contribution is 8.00. The molecule has 1 aromatic carbocycles. The van der Waals surface area contributed by atoms with Crippen LogP contribution in [0.15, 0.2) is 23.1 Å². The van der Waals surface area contributed by atoms with Crippen molar-refractivity contribution in [3.63, 3.8) is 0 Å². The summed E-state index contributed by atoms with van der Waals surface area (Å²) in [5.74, 6) is 0.191. The van der Waals surface area contributed by atoms with Gasteiger partial charge in [0.05, 0.1) is 10.9 Å². The molecular weight excluding hydrogens is 246 g/mol. The number of nitrogens with one attached hydrogen (secondary N) is 2. The summed E-state index contributed by atoms with van der Waals surface area (Å²) >= 11 is 1.64. The minimum atomic E-state index is -0.00482. The topological polar surface area (TPSA) is 44.4 Å². The number of thioether (sulfide) groups is 1. The van der Waals surface area contributed by atoms with Gasteiger partial charge in [-0.05, 0) is 32.2 Å². The molecule has 0 bridgehead atoms. The van der Waals surface area contributed by atoms with Crippen molar-refractivity contribution in [1.82, 2.24) is 5.32 Å². The molecule has 98 valence electrons. The lowest BCUT2D eigenvalue weighted by molar-refractivity contribution is -0.118. The molecule has 5 heteroatoms. The van der Waals surface area contributed by atoms with Crippen molar-refractivity contribution in [2.75, 3.05) is 37.4 Å². The van der Waals surface area contributed by atoms with Gasteiger partial charge in [-0.2, -0.15) is 0 Å². The molecule has 1 amide bonds. The lowest BCUT2D eigenvalue weighted by atomic mass is 10.2. The van der Waals surface area contributed by atoms with E-state index in [0.717, 1.165) is 17.9 Å². The molecule has 0 saturated heterocycles. The Bertz CT molecular complexity index is 450. The Kier molecular flexibility index (Phi) is 4.14. The molecule has 1 aliphatic rings. The number of carbonyl (C=O) groups excluding carboxylic acids is 1. The average Bonchev–Trinajstić information content (AvgIpc) is 2.39. The van der Waals surface area contributed by atoms with Crippen molar-refractivity contribution in [3.05, 3.63) is 18.2 Å². The third-order valence-corrected chi connectivity index (χ3v) is 4.20. The summed E-state index contributed by atoms with van der Waals surface area (Å²) in [5.41, 5.74) is 2.05. The number of nitrogens with zero attached hydrogens (tertiary/aromatic N) is 1. The number of amides is 1. The number of hydrogen-bond acceptors (Lipinski definition) is 4. The molecule has 0 saturated carbocycles. The fourth-order valence-corrected chi connectivity index (χ4v) is 3.06. The van der Waals surface area contributed by atoms with Gasteiger partial charge < -0.3 is 15.5 Å². The van der Waals surface area contributed by atoms with Gasteiger partial charge in [0.1, 0.15) is 0 Å². The smallest absolute Gasteiger partial charge is 0.240 e. The van der Waals surface area contributed by atoms with Crippen molar-refractivity contribution in [1.29, 1.82) is 0 Å². The van der Waals surface area contributed by atoms with Crippen molar-refractivity contribution in [2.45, 2.75) is 17.1 Å². The van der Waals surface area contributed by atoms with Crippen LogP contribution in [-0.2, 0) is 4.79 Å². The van der Waals surface area contributed by atoms with E-state index >= 15 is 0 Å². The Morgan fingerprint density at radius 2 is 2.17 bits per heavy atom. The summed E-state index contributed by atoms with van der Waals surface area (Å²) in [6.07, 6.45) is 0. The van der Waals surface area contributed by atoms with E-state index in [4.69, 9.17) is 0 Å². The van der Waals surface area contributed by atoms with Gasteiger partial charge >= 0.3 is 0 Å². The molecule has 1 heterocycles. The van der Waals surface area contributed by atoms with Crippen LogP contribution in [0, 0.1) is 0 Å². The van der Waals surface area contributed by atoms with E-state index in [1.165, 1.54) is 4.90 Å². The van der Waals surface area contributed by atoms with Gasteiger partial charge in [0.25, 0.3) is 0 Å². The molecule has 2 N–H and O–H groups in total. The largest absolute Gasteiger partial charge is 0.388 e. The zero-order chi connectivity index (χ0) is 13.1. The van der Waals surface area contributed by atoms with Crippen LogP contribution < -0.4 is 15.5 Å². The fraction of sp³-hybridized carbons (Fsp3) is 0.462. The third kappa shape index (κ3) is 2.47. The van der Waals surface area contributed by atoms with Crippen LogP contribution in [-0.4, -0.2) is 38.3 Å². The molecule has 0 aliphatic carbocycles. The van der Waals surface area contributed by atoms with Crippen LogP contribution in [0.1, 0.15) is 6.92 Å². The zero-order valence-electron chi connectivity index (χ0n) is 11.0. The first-order valence-electron chi connectivity index (χ1n) is 6.12. The number of benzene rings is 1. The highest BCUT2D eigenvalue weighted by Gasteiger charge is 2.30. The van der Waals surface area contributed by atoms with Gasteiger partial charge in [0, 0.05) is 30.7 Å². The highest BCUT2D eigenvalue weighted by Crippen LogP contribution is 2.40.